The molecule has 2 aliphatic rings. The number of aryl methyl sites for hydroxylation is 1. The molecule has 13 nitrogen and oxygen atoms in total. The Morgan fingerprint density at radius 1 is 0.869 bits per heavy atom. The molecular weight excluding hydrogens is 773 g/mol. The van der Waals surface area contributed by atoms with Crippen molar-refractivity contribution in [3.63, 3.8) is 0 Å². The lowest BCUT2D eigenvalue weighted by Crippen LogP contribution is -2.46. The van der Waals surface area contributed by atoms with Gasteiger partial charge in [-0.25, -0.2) is 0 Å². The Morgan fingerprint density at radius 3 is 2.16 bits per heavy atom. The zero-order chi connectivity index (χ0) is 44.1. The molecule has 1 fully saturated rings. The van der Waals surface area contributed by atoms with Crippen LogP contribution in [0.4, 0.5) is 0 Å². The highest BCUT2D eigenvalue weighted by molar-refractivity contribution is 6.01. The molecule has 0 aromatic heterocycles. The van der Waals surface area contributed by atoms with E-state index in [0.717, 1.165) is 18.4 Å². The Kier molecular flexibility index (Phi) is 17.2. The Morgan fingerprint density at radius 2 is 1.52 bits per heavy atom. The lowest BCUT2D eigenvalue weighted by Gasteiger charge is -2.32. The number of carbonyl (C=O) groups excluding carboxylic acids is 5. The lowest BCUT2D eigenvalue weighted by molar-refractivity contribution is -0.142. The molecule has 0 unspecified atom stereocenters. The maximum Gasteiger partial charge on any atom is 0.226 e. The van der Waals surface area contributed by atoms with Crippen molar-refractivity contribution in [2.75, 3.05) is 39.9 Å². The molecule has 7 N–H and O–H groups in total. The maximum absolute atomic E-state index is 14.7. The van der Waals surface area contributed by atoms with Crippen molar-refractivity contribution in [1.29, 1.82) is 5.26 Å². The van der Waals surface area contributed by atoms with E-state index in [4.69, 9.17) is 26.7 Å². The van der Waals surface area contributed by atoms with Crippen molar-refractivity contribution < 1.29 is 33.4 Å². The largest absolute Gasteiger partial charge is 0.492 e. The molecule has 0 saturated heterocycles. The summed E-state index contributed by atoms with van der Waals surface area (Å²) in [5, 5.41) is 12.1. The monoisotopic (exact) mass is 834 g/mol. The Bertz CT molecular complexity index is 2090. The fourth-order valence-electron chi connectivity index (χ4n) is 8.66. The molecule has 4 atom stereocenters. The lowest BCUT2D eigenvalue weighted by atomic mass is 9.82. The smallest absolute Gasteiger partial charge is 0.226 e. The van der Waals surface area contributed by atoms with Crippen molar-refractivity contribution in [2.45, 2.75) is 102 Å². The minimum atomic E-state index is -1.19. The highest BCUT2D eigenvalue weighted by Crippen LogP contribution is 2.41. The number of hydrogen-bond donors (Lipinski definition) is 4. The summed E-state index contributed by atoms with van der Waals surface area (Å²) >= 11 is 0. The zero-order valence-electron chi connectivity index (χ0n) is 35.9. The quantitative estimate of drug-likeness (QED) is 0.122. The number of carbonyl (C=O) groups is 5. The fraction of sp³-hybridized carbons (Fsp3) is 0.500. The number of nitrogens with zero attached hydrogens (tertiary/aromatic N) is 2. The molecule has 1 saturated carbocycles. The molecule has 3 aromatic carbocycles. The highest BCUT2D eigenvalue weighted by atomic mass is 16.5. The average molecular weight is 835 g/mol. The summed E-state index contributed by atoms with van der Waals surface area (Å²) in [4.78, 5) is 71.9. The van der Waals surface area contributed by atoms with E-state index in [-0.39, 0.29) is 82.9 Å². The van der Waals surface area contributed by atoms with E-state index in [1.54, 1.807) is 37.3 Å². The number of likely N-dealkylation sites (N-methyl/N-ethyl adjacent to an activating group) is 1. The number of nitrogens with two attached hydrogens (primary N) is 3. The SMILES string of the molecule is Cc1cc(C2CCCCC2)ccc1C(=O)C[C@@H](CCN)C(=O)N(C)[C@@H]1C(=O)C[C@@H](C)C(=O)N[C@H](C(=O)CCC#N)Cc2ccc(OCCN)c(c2)-c2cc1ccc2OCCN. The van der Waals surface area contributed by atoms with Gasteiger partial charge in [0.1, 0.15) is 30.8 Å². The molecule has 1 aliphatic carbocycles. The average Bonchev–Trinajstić information content (AvgIpc) is 3.26. The summed E-state index contributed by atoms with van der Waals surface area (Å²) < 4.78 is 12.2. The van der Waals surface area contributed by atoms with Gasteiger partial charge in [0.25, 0.3) is 0 Å². The van der Waals surface area contributed by atoms with Gasteiger partial charge in [0, 0.05) is 74.3 Å². The number of nitriles is 1. The molecule has 1 heterocycles. The zero-order valence-corrected chi connectivity index (χ0v) is 35.9. The Hall–Kier alpha value is -5.42. The van der Waals surface area contributed by atoms with Gasteiger partial charge in [0.05, 0.1) is 12.1 Å². The van der Waals surface area contributed by atoms with Gasteiger partial charge in [-0.15, -0.1) is 0 Å². The minimum Gasteiger partial charge on any atom is -0.492 e. The van der Waals surface area contributed by atoms with Crippen LogP contribution in [0, 0.1) is 30.1 Å². The van der Waals surface area contributed by atoms with Crippen molar-refractivity contribution in [3.8, 4) is 28.7 Å². The molecule has 5 rings (SSSR count). The van der Waals surface area contributed by atoms with Gasteiger partial charge in [-0.3, -0.25) is 24.0 Å². The van der Waals surface area contributed by atoms with Crippen LogP contribution in [-0.4, -0.2) is 80.0 Å². The van der Waals surface area contributed by atoms with Gasteiger partial charge < -0.3 is 36.9 Å². The summed E-state index contributed by atoms with van der Waals surface area (Å²) in [7, 11) is 1.54. The topological polar surface area (TPSA) is 221 Å². The van der Waals surface area contributed by atoms with E-state index >= 15 is 0 Å². The van der Waals surface area contributed by atoms with E-state index in [1.807, 2.05) is 31.2 Å². The standard InChI is InChI=1S/C48H62N6O7/c1-30-24-34(33-8-5-4-6-9-33)12-14-37(30)42(56)29-36(17-19-50)48(59)54(3)46-35-13-16-45(61-23-21-52)39(28-35)38-26-32(11-15-44(38)60-22-20-51)27-40(41(55)10-7-18-49)53-47(58)31(2)25-43(46)57/h11-16,24,26,28,31,33,36,40,46H,4-10,17,19-23,25,27,29,50-52H2,1-3H3,(H,53,58)/t31-,36-,40+,46+/m1/s1. The van der Waals surface area contributed by atoms with Crippen LogP contribution in [0.25, 0.3) is 11.1 Å². The van der Waals surface area contributed by atoms with Gasteiger partial charge in [-0.1, -0.05) is 56.5 Å². The molecule has 13 heteroatoms. The molecule has 2 amide bonds. The number of fused-ring (bicyclic) bond motifs is 5. The van der Waals surface area contributed by atoms with Gasteiger partial charge in [0.15, 0.2) is 17.3 Å². The number of hydrogen-bond acceptors (Lipinski definition) is 11. The van der Waals surface area contributed by atoms with Gasteiger partial charge in [-0.2, -0.15) is 5.26 Å². The first-order valence-electron chi connectivity index (χ1n) is 21.7. The number of benzene rings is 3. The number of Topliss-reactive ketones (excluding diaryl/α,β-unsaturated/α-hetero) is 3. The second kappa shape index (κ2) is 22.4. The first kappa shape index (κ1) is 46.6. The van der Waals surface area contributed by atoms with Crippen LogP contribution in [0.15, 0.2) is 54.6 Å². The molecule has 326 valence electrons. The normalized spacial score (nSPS) is 18.9. The highest BCUT2D eigenvalue weighted by Gasteiger charge is 2.36. The predicted molar refractivity (Wildman–Crippen MR) is 234 cm³/mol. The molecule has 1 aliphatic heterocycles. The van der Waals surface area contributed by atoms with Crippen molar-refractivity contribution in [1.82, 2.24) is 10.2 Å². The van der Waals surface area contributed by atoms with Gasteiger partial charge in [-0.05, 0) is 91.6 Å². The summed E-state index contributed by atoms with van der Waals surface area (Å²) in [6, 6.07) is 16.4. The van der Waals surface area contributed by atoms with E-state index in [0.29, 0.717) is 45.2 Å². The molecular formula is C48H62N6O7. The van der Waals surface area contributed by atoms with Crippen LogP contribution in [0.1, 0.15) is 116 Å². The van der Waals surface area contributed by atoms with Crippen LogP contribution in [0.2, 0.25) is 0 Å². The number of rotatable bonds is 17. The second-order valence-electron chi connectivity index (χ2n) is 16.5. The van der Waals surface area contributed by atoms with Crippen LogP contribution < -0.4 is 32.0 Å². The van der Waals surface area contributed by atoms with Crippen LogP contribution in [-0.2, 0) is 25.6 Å². The van der Waals surface area contributed by atoms with Crippen LogP contribution in [0.5, 0.6) is 11.5 Å². The maximum atomic E-state index is 14.7. The minimum absolute atomic E-state index is 0.0178. The van der Waals surface area contributed by atoms with E-state index in [9.17, 15) is 29.2 Å². The summed E-state index contributed by atoms with van der Waals surface area (Å²) in [5.74, 6) is -2.21. The second-order valence-corrected chi connectivity index (χ2v) is 16.5. The van der Waals surface area contributed by atoms with Crippen molar-refractivity contribution in [3.05, 3.63) is 82.4 Å². The number of ether oxygens (including phenoxy) is 2. The molecule has 61 heavy (non-hydrogen) atoms. The first-order valence-corrected chi connectivity index (χ1v) is 21.7. The third-order valence-electron chi connectivity index (χ3n) is 12.0. The van der Waals surface area contributed by atoms with E-state index in [2.05, 4.69) is 11.4 Å². The van der Waals surface area contributed by atoms with Crippen LogP contribution in [0.3, 0.4) is 0 Å². The van der Waals surface area contributed by atoms with E-state index < -0.39 is 41.5 Å². The van der Waals surface area contributed by atoms with Crippen LogP contribution >= 0.6 is 0 Å². The summed E-state index contributed by atoms with van der Waals surface area (Å²) in [6.45, 7) is 4.51. The molecule has 0 spiro atoms. The van der Waals surface area contributed by atoms with Crippen molar-refractivity contribution >= 4 is 29.2 Å². The first-order chi connectivity index (χ1) is 29.4. The molecule has 3 aromatic rings. The van der Waals surface area contributed by atoms with E-state index in [1.165, 1.54) is 36.8 Å². The van der Waals surface area contributed by atoms with Gasteiger partial charge in [0.2, 0.25) is 11.8 Å². The summed E-state index contributed by atoms with van der Waals surface area (Å²) in [5.41, 5.74) is 22.7. The Balaban J connectivity index is 1.57. The number of ketones is 3. The third kappa shape index (κ3) is 11.9. The predicted octanol–water partition coefficient (Wildman–Crippen LogP) is 5.63. The van der Waals surface area contributed by atoms with Gasteiger partial charge >= 0.3 is 0 Å². The Labute approximate surface area is 359 Å². The third-order valence-corrected chi connectivity index (χ3v) is 12.0. The van der Waals surface area contributed by atoms with Crippen molar-refractivity contribution in [2.24, 2.45) is 29.0 Å². The molecule has 0 radical (unpaired) electrons. The fourth-order valence-corrected chi connectivity index (χ4v) is 8.66. The number of nitrogens with one attached hydrogen (secondary N) is 1. The molecule has 4 bridgehead atoms. The summed E-state index contributed by atoms with van der Waals surface area (Å²) in [6.07, 6.45) is 5.81. The number of amides is 2.